The number of halogens is 2. The first-order chi connectivity index (χ1) is 9.65. The third kappa shape index (κ3) is 2.96. The Morgan fingerprint density at radius 1 is 0.650 bits per heavy atom. The Hall–Kier alpha value is -2.36. The van der Waals surface area contributed by atoms with Crippen molar-refractivity contribution in [3.05, 3.63) is 59.7 Å². The molecule has 0 aliphatic heterocycles. The topological polar surface area (TPSA) is 18.5 Å². The lowest BCUT2D eigenvalue weighted by Gasteiger charge is -2.05. The molecule has 0 atom stereocenters. The average molecular weight is 276 g/mol. The molecule has 20 heavy (non-hydrogen) atoms. The fourth-order valence-electron chi connectivity index (χ4n) is 1.73. The summed E-state index contributed by atoms with van der Waals surface area (Å²) < 4.78 is 38.1. The van der Waals surface area contributed by atoms with Gasteiger partial charge in [0.25, 0.3) is 0 Å². The molecule has 4 heteroatoms. The van der Waals surface area contributed by atoms with Gasteiger partial charge in [-0.05, 0) is 48.5 Å². The van der Waals surface area contributed by atoms with Crippen LogP contribution in [0.4, 0.5) is 8.78 Å². The van der Waals surface area contributed by atoms with Crippen molar-refractivity contribution in [2.24, 2.45) is 0 Å². The van der Waals surface area contributed by atoms with Crippen molar-refractivity contribution in [3.63, 3.8) is 0 Å². The van der Waals surface area contributed by atoms with E-state index in [1.165, 1.54) is 38.5 Å². The molecular formula is C16H14F2O2. The van der Waals surface area contributed by atoms with Gasteiger partial charge in [-0.25, -0.2) is 8.78 Å². The first kappa shape index (κ1) is 14.1. The zero-order valence-electron chi connectivity index (χ0n) is 11.2. The molecule has 2 nitrogen and oxygen atoms in total. The van der Waals surface area contributed by atoms with Crippen LogP contribution < -0.4 is 9.47 Å². The van der Waals surface area contributed by atoms with E-state index in [9.17, 15) is 8.78 Å². The van der Waals surface area contributed by atoms with Gasteiger partial charge in [-0.1, -0.05) is 0 Å². The average Bonchev–Trinajstić information content (AvgIpc) is 2.53. The van der Waals surface area contributed by atoms with E-state index in [0.29, 0.717) is 11.5 Å². The lowest BCUT2D eigenvalue weighted by atomic mass is 10.1. The second-order valence-electron chi connectivity index (χ2n) is 4.08. The third-order valence-corrected chi connectivity index (χ3v) is 2.88. The van der Waals surface area contributed by atoms with Gasteiger partial charge < -0.3 is 9.47 Å². The van der Waals surface area contributed by atoms with Gasteiger partial charge in [0.1, 0.15) is 11.5 Å². The van der Waals surface area contributed by atoms with Crippen LogP contribution in [0, 0.1) is 0 Å². The zero-order valence-corrected chi connectivity index (χ0v) is 11.2. The van der Waals surface area contributed by atoms with E-state index in [0.717, 1.165) is 0 Å². The highest BCUT2D eigenvalue weighted by Crippen LogP contribution is 2.30. The monoisotopic (exact) mass is 276 g/mol. The van der Waals surface area contributed by atoms with Crippen molar-refractivity contribution in [3.8, 4) is 11.5 Å². The van der Waals surface area contributed by atoms with E-state index in [2.05, 4.69) is 0 Å². The van der Waals surface area contributed by atoms with Gasteiger partial charge in [0.2, 0.25) is 0 Å². The van der Waals surface area contributed by atoms with Crippen LogP contribution in [-0.4, -0.2) is 14.2 Å². The Bertz CT molecular complexity index is 546. The van der Waals surface area contributed by atoms with E-state index < -0.39 is 11.7 Å². The molecule has 0 saturated heterocycles. The third-order valence-electron chi connectivity index (χ3n) is 2.88. The van der Waals surface area contributed by atoms with Gasteiger partial charge in [0.15, 0.2) is 11.7 Å². The predicted octanol–water partition coefficient (Wildman–Crippen LogP) is 4.47. The van der Waals surface area contributed by atoms with Crippen molar-refractivity contribution < 1.29 is 18.3 Å². The molecule has 104 valence electrons. The number of ether oxygens (including phenoxy) is 2. The Kier molecular flexibility index (Phi) is 4.35. The van der Waals surface area contributed by atoms with Crippen LogP contribution in [0.3, 0.4) is 0 Å². The summed E-state index contributed by atoms with van der Waals surface area (Å²) in [5.74, 6) is -0.631. The van der Waals surface area contributed by atoms with Crippen LogP contribution in [-0.2, 0) is 0 Å². The van der Waals surface area contributed by atoms with Crippen molar-refractivity contribution >= 4 is 11.7 Å². The largest absolute Gasteiger partial charge is 0.497 e. The van der Waals surface area contributed by atoms with E-state index in [-0.39, 0.29) is 11.1 Å². The smallest absolute Gasteiger partial charge is 0.166 e. The van der Waals surface area contributed by atoms with Gasteiger partial charge >= 0.3 is 0 Å². The highest BCUT2D eigenvalue weighted by molar-refractivity contribution is 5.83. The van der Waals surface area contributed by atoms with Gasteiger partial charge in [0.05, 0.1) is 14.2 Å². The van der Waals surface area contributed by atoms with Gasteiger partial charge in [-0.15, -0.1) is 0 Å². The maximum atomic E-state index is 14.1. The van der Waals surface area contributed by atoms with Crippen LogP contribution >= 0.6 is 0 Å². The maximum Gasteiger partial charge on any atom is 0.166 e. The molecule has 0 aromatic heterocycles. The highest BCUT2D eigenvalue weighted by atomic mass is 19.2. The Balaban J connectivity index is 2.32. The molecule has 0 aliphatic carbocycles. The van der Waals surface area contributed by atoms with Gasteiger partial charge in [-0.3, -0.25) is 0 Å². The lowest BCUT2D eigenvalue weighted by molar-refractivity contribution is 0.414. The quantitative estimate of drug-likeness (QED) is 0.767. The Morgan fingerprint density at radius 2 is 0.950 bits per heavy atom. The fourth-order valence-corrected chi connectivity index (χ4v) is 1.73. The van der Waals surface area contributed by atoms with Crippen LogP contribution in [0.1, 0.15) is 11.1 Å². The Labute approximate surface area is 116 Å². The number of hydrogen-bond donors (Lipinski definition) is 0. The lowest BCUT2D eigenvalue weighted by Crippen LogP contribution is -1.87. The number of benzene rings is 2. The molecule has 0 saturated carbocycles. The highest BCUT2D eigenvalue weighted by Gasteiger charge is 2.11. The van der Waals surface area contributed by atoms with E-state index in [4.69, 9.17) is 9.47 Å². The molecule has 0 heterocycles. The number of hydrogen-bond acceptors (Lipinski definition) is 2. The molecule has 0 amide bonds. The first-order valence-electron chi connectivity index (χ1n) is 6.00. The normalized spacial score (nSPS) is 11.8. The summed E-state index contributed by atoms with van der Waals surface area (Å²) in [5, 5.41) is 0. The first-order valence-corrected chi connectivity index (χ1v) is 6.00. The summed E-state index contributed by atoms with van der Waals surface area (Å²) >= 11 is 0. The summed E-state index contributed by atoms with van der Waals surface area (Å²) in [6.07, 6.45) is 0. The zero-order chi connectivity index (χ0) is 14.5. The van der Waals surface area contributed by atoms with Gasteiger partial charge in [-0.2, -0.15) is 0 Å². The SMILES string of the molecule is COc1ccc(/C(F)=C(/F)c2ccc(OC)cc2)cc1. The van der Waals surface area contributed by atoms with Crippen molar-refractivity contribution in [2.45, 2.75) is 0 Å². The van der Waals surface area contributed by atoms with Crippen LogP contribution in [0.25, 0.3) is 11.7 Å². The molecule has 0 N–H and O–H groups in total. The van der Waals surface area contributed by atoms with Crippen LogP contribution in [0.15, 0.2) is 48.5 Å². The van der Waals surface area contributed by atoms with E-state index in [1.807, 2.05) is 0 Å². The molecule has 0 fully saturated rings. The Morgan fingerprint density at radius 3 is 1.20 bits per heavy atom. The van der Waals surface area contributed by atoms with Crippen molar-refractivity contribution in [1.82, 2.24) is 0 Å². The molecule has 0 spiro atoms. The summed E-state index contributed by atoms with van der Waals surface area (Å²) in [6.45, 7) is 0. The minimum absolute atomic E-state index is 0.166. The molecule has 2 aromatic rings. The predicted molar refractivity (Wildman–Crippen MR) is 75.0 cm³/mol. The molecule has 0 aliphatic rings. The maximum absolute atomic E-state index is 14.1. The van der Waals surface area contributed by atoms with Crippen molar-refractivity contribution in [1.29, 1.82) is 0 Å². The van der Waals surface area contributed by atoms with Gasteiger partial charge in [0, 0.05) is 11.1 Å². The summed E-state index contributed by atoms with van der Waals surface area (Å²) in [6, 6.07) is 12.2. The fraction of sp³-hybridized carbons (Fsp3) is 0.125. The van der Waals surface area contributed by atoms with Crippen LogP contribution in [0.2, 0.25) is 0 Å². The summed E-state index contributed by atoms with van der Waals surface area (Å²) in [5.41, 5.74) is 0.332. The molecule has 0 unspecified atom stereocenters. The standard InChI is InChI=1S/C16H14F2O2/c1-19-13-7-3-11(4-8-13)15(17)16(18)12-5-9-14(20-2)10-6-12/h3-10H,1-2H3/b16-15-. The molecular weight excluding hydrogens is 262 g/mol. The molecule has 2 aromatic carbocycles. The second-order valence-corrected chi connectivity index (χ2v) is 4.08. The van der Waals surface area contributed by atoms with E-state index >= 15 is 0 Å². The number of methoxy groups -OCH3 is 2. The minimum Gasteiger partial charge on any atom is -0.497 e. The molecule has 0 bridgehead atoms. The van der Waals surface area contributed by atoms with E-state index in [1.54, 1.807) is 24.3 Å². The molecule has 2 rings (SSSR count). The summed E-state index contributed by atoms with van der Waals surface area (Å²) in [7, 11) is 3.03. The number of rotatable bonds is 4. The minimum atomic E-state index is -0.905. The molecule has 0 radical (unpaired) electrons. The van der Waals surface area contributed by atoms with Crippen LogP contribution in [0.5, 0.6) is 11.5 Å². The summed E-state index contributed by atoms with van der Waals surface area (Å²) in [4.78, 5) is 0. The second kappa shape index (κ2) is 6.19. The van der Waals surface area contributed by atoms with Crippen molar-refractivity contribution in [2.75, 3.05) is 14.2 Å².